The lowest BCUT2D eigenvalue weighted by Gasteiger charge is -2.33. The molecule has 0 radical (unpaired) electrons. The Morgan fingerprint density at radius 2 is 1.84 bits per heavy atom. The van der Waals surface area contributed by atoms with Crippen LogP contribution in [0.2, 0.25) is 5.02 Å². The van der Waals surface area contributed by atoms with Crippen molar-refractivity contribution in [3.8, 4) is 0 Å². The van der Waals surface area contributed by atoms with Gasteiger partial charge in [-0.15, -0.1) is 0 Å². The highest BCUT2D eigenvalue weighted by molar-refractivity contribution is 6.30. The number of aryl methyl sites for hydroxylation is 1. The van der Waals surface area contributed by atoms with Gasteiger partial charge in [0.2, 0.25) is 0 Å². The van der Waals surface area contributed by atoms with Gasteiger partial charge in [-0.05, 0) is 93.3 Å². The summed E-state index contributed by atoms with van der Waals surface area (Å²) in [5.41, 5.74) is 3.16. The predicted octanol–water partition coefficient (Wildman–Crippen LogP) is 5.14. The van der Waals surface area contributed by atoms with Crippen LogP contribution in [0.4, 0.5) is 0 Å². The number of hydrogen-bond donors (Lipinski definition) is 1. The highest BCUT2D eigenvalue weighted by atomic mass is 35.5. The number of benzene rings is 1. The number of nitrogens with zero attached hydrogens (tertiary/aromatic N) is 1. The molecular formula is C21H25ClN2O. The molecule has 1 heterocycles. The summed E-state index contributed by atoms with van der Waals surface area (Å²) in [5, 5.41) is 3.80. The van der Waals surface area contributed by atoms with Crippen LogP contribution in [0.25, 0.3) is 0 Å². The van der Waals surface area contributed by atoms with Gasteiger partial charge in [-0.25, -0.2) is 0 Å². The van der Waals surface area contributed by atoms with Crippen LogP contribution in [-0.2, 0) is 0 Å². The standard InChI is InChI=1S/C21H25ClN2O/c1-14-13-19(11-12-23-14)17-5-3-16(4-6-17)15(2)24-21(25)18-7-9-20(22)10-8-18/h7-13,15-17H,3-6H2,1-2H3,(H,24,25)/t15?,16-,17-. The summed E-state index contributed by atoms with van der Waals surface area (Å²) >= 11 is 5.88. The fraction of sp³-hybridized carbons (Fsp3) is 0.429. The molecular weight excluding hydrogens is 332 g/mol. The number of amides is 1. The normalized spacial score (nSPS) is 21.6. The maximum atomic E-state index is 12.4. The van der Waals surface area contributed by atoms with Crippen LogP contribution in [0.5, 0.6) is 0 Å². The number of pyridine rings is 1. The van der Waals surface area contributed by atoms with Crippen molar-refractivity contribution in [1.82, 2.24) is 10.3 Å². The minimum atomic E-state index is -0.0175. The fourth-order valence-electron chi connectivity index (χ4n) is 3.78. The van der Waals surface area contributed by atoms with Crippen LogP contribution >= 0.6 is 11.6 Å². The second-order valence-corrected chi connectivity index (χ2v) is 7.55. The lowest BCUT2D eigenvalue weighted by atomic mass is 9.76. The number of carbonyl (C=O) groups is 1. The molecule has 4 heteroatoms. The molecule has 1 aliphatic rings. The van der Waals surface area contributed by atoms with Crippen molar-refractivity contribution in [3.63, 3.8) is 0 Å². The van der Waals surface area contributed by atoms with Crippen LogP contribution in [0.15, 0.2) is 42.6 Å². The van der Waals surface area contributed by atoms with Crippen molar-refractivity contribution < 1.29 is 4.79 Å². The zero-order valence-corrected chi connectivity index (χ0v) is 15.6. The van der Waals surface area contributed by atoms with E-state index in [2.05, 4.69) is 29.4 Å². The summed E-state index contributed by atoms with van der Waals surface area (Å²) in [4.78, 5) is 16.7. The van der Waals surface area contributed by atoms with E-state index in [0.29, 0.717) is 22.4 Å². The Morgan fingerprint density at radius 1 is 1.16 bits per heavy atom. The van der Waals surface area contributed by atoms with Crippen LogP contribution in [-0.4, -0.2) is 16.9 Å². The Hall–Kier alpha value is -1.87. The topological polar surface area (TPSA) is 42.0 Å². The number of rotatable bonds is 4. The van der Waals surface area contributed by atoms with E-state index in [1.165, 1.54) is 18.4 Å². The molecule has 0 bridgehead atoms. The zero-order chi connectivity index (χ0) is 17.8. The molecule has 1 amide bonds. The molecule has 1 atom stereocenters. The molecule has 0 spiro atoms. The maximum absolute atomic E-state index is 12.4. The minimum absolute atomic E-state index is 0.0175. The molecule has 1 aliphatic carbocycles. The molecule has 25 heavy (non-hydrogen) atoms. The van der Waals surface area contributed by atoms with E-state index in [0.717, 1.165) is 18.5 Å². The molecule has 0 saturated heterocycles. The second-order valence-electron chi connectivity index (χ2n) is 7.11. The predicted molar refractivity (Wildman–Crippen MR) is 102 cm³/mol. The van der Waals surface area contributed by atoms with Gasteiger partial charge in [-0.3, -0.25) is 9.78 Å². The van der Waals surface area contributed by atoms with Gasteiger partial charge in [0.1, 0.15) is 0 Å². The van der Waals surface area contributed by atoms with Gasteiger partial charge in [0.15, 0.2) is 0 Å². The number of aromatic nitrogens is 1. The van der Waals surface area contributed by atoms with Crippen LogP contribution < -0.4 is 5.32 Å². The fourth-order valence-corrected chi connectivity index (χ4v) is 3.91. The molecule has 3 nitrogen and oxygen atoms in total. The van der Waals surface area contributed by atoms with E-state index in [1.807, 2.05) is 13.1 Å². The first-order chi connectivity index (χ1) is 12.0. The van der Waals surface area contributed by atoms with Gasteiger partial charge >= 0.3 is 0 Å². The SMILES string of the molecule is Cc1cc([C@H]2CC[C@H](C(C)NC(=O)c3ccc(Cl)cc3)CC2)ccn1. The first kappa shape index (κ1) is 17.9. The third kappa shape index (κ3) is 4.60. The molecule has 132 valence electrons. The molecule has 1 aromatic heterocycles. The summed E-state index contributed by atoms with van der Waals surface area (Å²) in [6.07, 6.45) is 6.55. The summed E-state index contributed by atoms with van der Waals surface area (Å²) < 4.78 is 0. The average Bonchev–Trinajstić information content (AvgIpc) is 2.62. The molecule has 1 unspecified atom stereocenters. The summed E-state index contributed by atoms with van der Waals surface area (Å²) in [6.45, 7) is 4.17. The van der Waals surface area contributed by atoms with Crippen molar-refractivity contribution in [3.05, 3.63) is 64.4 Å². The minimum Gasteiger partial charge on any atom is -0.349 e. The van der Waals surface area contributed by atoms with Crippen molar-refractivity contribution in [2.24, 2.45) is 5.92 Å². The van der Waals surface area contributed by atoms with E-state index >= 15 is 0 Å². The Kier molecular flexibility index (Phi) is 5.74. The van der Waals surface area contributed by atoms with Gasteiger partial charge in [-0.1, -0.05) is 11.6 Å². The van der Waals surface area contributed by atoms with Crippen molar-refractivity contribution in [2.45, 2.75) is 51.5 Å². The third-order valence-electron chi connectivity index (χ3n) is 5.34. The monoisotopic (exact) mass is 356 g/mol. The Balaban J connectivity index is 1.53. The van der Waals surface area contributed by atoms with Crippen molar-refractivity contribution in [1.29, 1.82) is 0 Å². The highest BCUT2D eigenvalue weighted by Gasteiger charge is 2.27. The summed E-state index contributed by atoms with van der Waals surface area (Å²) in [7, 11) is 0. The molecule has 2 aromatic rings. The van der Waals surface area contributed by atoms with Crippen molar-refractivity contribution >= 4 is 17.5 Å². The Labute approximate surface area is 154 Å². The highest BCUT2D eigenvalue weighted by Crippen LogP contribution is 2.37. The zero-order valence-electron chi connectivity index (χ0n) is 14.8. The number of hydrogen-bond acceptors (Lipinski definition) is 2. The van der Waals surface area contributed by atoms with Crippen LogP contribution in [0, 0.1) is 12.8 Å². The molecule has 1 aromatic carbocycles. The second kappa shape index (κ2) is 8.01. The van der Waals surface area contributed by atoms with Gasteiger partial charge in [0.25, 0.3) is 5.91 Å². The number of halogens is 1. The molecule has 1 N–H and O–H groups in total. The smallest absolute Gasteiger partial charge is 0.251 e. The third-order valence-corrected chi connectivity index (χ3v) is 5.59. The Morgan fingerprint density at radius 3 is 2.48 bits per heavy atom. The van der Waals surface area contributed by atoms with Crippen LogP contribution in [0.3, 0.4) is 0 Å². The lowest BCUT2D eigenvalue weighted by molar-refractivity contribution is 0.0918. The summed E-state index contributed by atoms with van der Waals surface area (Å²) in [5.74, 6) is 1.14. The molecule has 0 aliphatic heterocycles. The van der Waals surface area contributed by atoms with Gasteiger partial charge in [0.05, 0.1) is 0 Å². The largest absolute Gasteiger partial charge is 0.349 e. The van der Waals surface area contributed by atoms with E-state index < -0.39 is 0 Å². The lowest BCUT2D eigenvalue weighted by Crippen LogP contribution is -2.39. The van der Waals surface area contributed by atoms with Gasteiger partial charge in [0, 0.05) is 28.5 Å². The quantitative estimate of drug-likeness (QED) is 0.824. The van der Waals surface area contributed by atoms with Crippen LogP contribution in [0.1, 0.15) is 60.1 Å². The summed E-state index contributed by atoms with van der Waals surface area (Å²) in [6, 6.07) is 11.6. The Bertz CT molecular complexity index is 721. The molecule has 3 rings (SSSR count). The van der Waals surface area contributed by atoms with E-state index in [1.54, 1.807) is 24.3 Å². The van der Waals surface area contributed by atoms with Crippen molar-refractivity contribution in [2.75, 3.05) is 0 Å². The van der Waals surface area contributed by atoms with E-state index in [4.69, 9.17) is 11.6 Å². The first-order valence-corrected chi connectivity index (χ1v) is 9.39. The van der Waals surface area contributed by atoms with Gasteiger partial charge in [-0.2, -0.15) is 0 Å². The van der Waals surface area contributed by atoms with E-state index in [9.17, 15) is 4.79 Å². The average molecular weight is 357 g/mol. The van der Waals surface area contributed by atoms with E-state index in [-0.39, 0.29) is 11.9 Å². The maximum Gasteiger partial charge on any atom is 0.251 e. The number of nitrogens with one attached hydrogen (secondary N) is 1. The molecule has 1 saturated carbocycles. The molecule has 1 fully saturated rings. The van der Waals surface area contributed by atoms with Gasteiger partial charge < -0.3 is 5.32 Å². The first-order valence-electron chi connectivity index (χ1n) is 9.02. The number of carbonyl (C=O) groups excluding carboxylic acids is 1.